The molecular weight excluding hydrogens is 134 g/mol. The summed E-state index contributed by atoms with van der Waals surface area (Å²) in [5.41, 5.74) is 0. The molecular formula is C6H9NO3. The van der Waals surface area contributed by atoms with Gasteiger partial charge >= 0.3 is 0 Å². The average Bonchev–Trinajstić information content (AvgIpc) is 2.33. The van der Waals surface area contributed by atoms with E-state index in [1.165, 1.54) is 6.08 Å². The maximum atomic E-state index is 9.70. The minimum Gasteiger partial charge on any atom is -0.346 e. The van der Waals surface area contributed by atoms with Crippen molar-refractivity contribution >= 4 is 6.08 Å². The van der Waals surface area contributed by atoms with Gasteiger partial charge in [-0.25, -0.2) is 9.79 Å². The first-order valence-electron chi connectivity index (χ1n) is 3.08. The molecule has 4 nitrogen and oxygen atoms in total. The van der Waals surface area contributed by atoms with Crippen LogP contribution < -0.4 is 0 Å². The molecule has 56 valence electrons. The van der Waals surface area contributed by atoms with E-state index in [4.69, 9.17) is 9.47 Å². The summed E-state index contributed by atoms with van der Waals surface area (Å²) in [6.07, 6.45) is 1.43. The SMILES string of the molecule is CC1(CN=C=O)OCCO1. The van der Waals surface area contributed by atoms with Crippen molar-refractivity contribution in [1.82, 2.24) is 0 Å². The zero-order valence-corrected chi connectivity index (χ0v) is 5.79. The van der Waals surface area contributed by atoms with Crippen molar-refractivity contribution in [2.24, 2.45) is 4.99 Å². The Kier molecular flexibility index (Phi) is 2.17. The van der Waals surface area contributed by atoms with Crippen molar-refractivity contribution in [2.45, 2.75) is 12.7 Å². The Morgan fingerprint density at radius 3 is 2.70 bits per heavy atom. The summed E-state index contributed by atoms with van der Waals surface area (Å²) in [6.45, 7) is 3.13. The van der Waals surface area contributed by atoms with Gasteiger partial charge in [-0.05, 0) is 6.92 Å². The zero-order chi connectivity index (χ0) is 7.45. The molecule has 0 radical (unpaired) electrons. The molecule has 0 aliphatic carbocycles. The summed E-state index contributed by atoms with van der Waals surface area (Å²) in [7, 11) is 0. The van der Waals surface area contributed by atoms with Crippen molar-refractivity contribution in [3.05, 3.63) is 0 Å². The number of carbonyl (C=O) groups excluding carboxylic acids is 1. The number of nitrogens with zero attached hydrogens (tertiary/aromatic N) is 1. The lowest BCUT2D eigenvalue weighted by molar-refractivity contribution is -0.132. The summed E-state index contributed by atoms with van der Waals surface area (Å²) in [6, 6.07) is 0. The smallest absolute Gasteiger partial charge is 0.235 e. The zero-order valence-electron chi connectivity index (χ0n) is 5.79. The van der Waals surface area contributed by atoms with Crippen LogP contribution in [0, 0.1) is 0 Å². The first kappa shape index (κ1) is 7.41. The molecule has 0 aromatic carbocycles. The Bertz CT molecular complexity index is 156. The highest BCUT2D eigenvalue weighted by molar-refractivity contribution is 5.32. The first-order chi connectivity index (χ1) is 4.77. The Hall–Kier alpha value is -0.700. The van der Waals surface area contributed by atoms with Crippen molar-refractivity contribution in [2.75, 3.05) is 19.8 Å². The summed E-state index contributed by atoms with van der Waals surface area (Å²) in [4.78, 5) is 13.1. The summed E-state index contributed by atoms with van der Waals surface area (Å²) < 4.78 is 10.3. The third-order valence-corrected chi connectivity index (χ3v) is 1.33. The van der Waals surface area contributed by atoms with E-state index in [2.05, 4.69) is 4.99 Å². The van der Waals surface area contributed by atoms with Crippen LogP contribution in [-0.4, -0.2) is 31.6 Å². The lowest BCUT2D eigenvalue weighted by Crippen LogP contribution is -2.29. The molecule has 0 unspecified atom stereocenters. The van der Waals surface area contributed by atoms with Gasteiger partial charge in [0.15, 0.2) is 5.79 Å². The first-order valence-corrected chi connectivity index (χ1v) is 3.08. The van der Waals surface area contributed by atoms with E-state index in [1.807, 2.05) is 0 Å². The molecule has 0 N–H and O–H groups in total. The molecule has 1 aliphatic heterocycles. The topological polar surface area (TPSA) is 47.9 Å². The van der Waals surface area contributed by atoms with E-state index in [9.17, 15) is 4.79 Å². The monoisotopic (exact) mass is 143 g/mol. The van der Waals surface area contributed by atoms with Gasteiger partial charge in [-0.15, -0.1) is 0 Å². The Labute approximate surface area is 58.8 Å². The summed E-state index contributed by atoms with van der Waals surface area (Å²) in [5.74, 6) is -0.683. The van der Waals surface area contributed by atoms with Crippen LogP contribution in [0.15, 0.2) is 4.99 Å². The lowest BCUT2D eigenvalue weighted by atomic mass is 10.3. The third kappa shape index (κ3) is 1.64. The summed E-state index contributed by atoms with van der Waals surface area (Å²) in [5, 5.41) is 0. The molecule has 1 saturated heterocycles. The normalized spacial score (nSPS) is 22.1. The van der Waals surface area contributed by atoms with Gasteiger partial charge in [0.2, 0.25) is 6.08 Å². The van der Waals surface area contributed by atoms with E-state index in [-0.39, 0.29) is 6.54 Å². The van der Waals surface area contributed by atoms with Crippen LogP contribution in [0.2, 0.25) is 0 Å². The standard InChI is InChI=1S/C6H9NO3/c1-6(4-7-5-8)9-2-3-10-6/h2-4H2,1H3. The number of rotatable bonds is 2. The van der Waals surface area contributed by atoms with Crippen LogP contribution >= 0.6 is 0 Å². The van der Waals surface area contributed by atoms with Crippen LogP contribution in [0.3, 0.4) is 0 Å². The highest BCUT2D eigenvalue weighted by Gasteiger charge is 2.30. The number of isocyanates is 1. The molecule has 1 aliphatic rings. The number of hydrogen-bond acceptors (Lipinski definition) is 4. The van der Waals surface area contributed by atoms with Crippen molar-refractivity contribution in [1.29, 1.82) is 0 Å². The predicted molar refractivity (Wildman–Crippen MR) is 33.3 cm³/mol. The van der Waals surface area contributed by atoms with Crippen molar-refractivity contribution < 1.29 is 14.3 Å². The fourth-order valence-electron chi connectivity index (χ4n) is 0.824. The molecule has 10 heavy (non-hydrogen) atoms. The van der Waals surface area contributed by atoms with E-state index >= 15 is 0 Å². The van der Waals surface area contributed by atoms with Crippen molar-refractivity contribution in [3.8, 4) is 0 Å². The third-order valence-electron chi connectivity index (χ3n) is 1.33. The van der Waals surface area contributed by atoms with Crippen LogP contribution in [0.1, 0.15) is 6.92 Å². The molecule has 0 spiro atoms. The van der Waals surface area contributed by atoms with Gasteiger partial charge in [-0.1, -0.05) is 0 Å². The number of ether oxygens (including phenoxy) is 2. The molecule has 0 atom stereocenters. The molecule has 0 bridgehead atoms. The molecule has 0 amide bonds. The fraction of sp³-hybridized carbons (Fsp3) is 0.833. The van der Waals surface area contributed by atoms with E-state index in [1.54, 1.807) is 6.92 Å². The minimum absolute atomic E-state index is 0.233. The minimum atomic E-state index is -0.683. The Balaban J connectivity index is 2.42. The van der Waals surface area contributed by atoms with E-state index in [0.29, 0.717) is 13.2 Å². The van der Waals surface area contributed by atoms with E-state index in [0.717, 1.165) is 0 Å². The maximum Gasteiger partial charge on any atom is 0.235 e. The van der Waals surface area contributed by atoms with Gasteiger partial charge in [0.1, 0.15) is 6.54 Å². The van der Waals surface area contributed by atoms with E-state index < -0.39 is 5.79 Å². The van der Waals surface area contributed by atoms with Gasteiger partial charge in [0.05, 0.1) is 13.2 Å². The lowest BCUT2D eigenvalue weighted by Gasteiger charge is -2.17. The van der Waals surface area contributed by atoms with Gasteiger partial charge in [0.25, 0.3) is 0 Å². The van der Waals surface area contributed by atoms with Crippen LogP contribution in [-0.2, 0) is 14.3 Å². The fourth-order valence-corrected chi connectivity index (χ4v) is 0.824. The largest absolute Gasteiger partial charge is 0.346 e. The van der Waals surface area contributed by atoms with Crippen LogP contribution in [0.4, 0.5) is 0 Å². The Morgan fingerprint density at radius 1 is 1.60 bits per heavy atom. The second-order valence-corrected chi connectivity index (χ2v) is 2.24. The second kappa shape index (κ2) is 2.92. The molecule has 0 aromatic rings. The second-order valence-electron chi connectivity index (χ2n) is 2.24. The quantitative estimate of drug-likeness (QED) is 0.406. The van der Waals surface area contributed by atoms with Crippen LogP contribution in [0.5, 0.6) is 0 Å². The van der Waals surface area contributed by atoms with Gasteiger partial charge < -0.3 is 9.47 Å². The molecule has 1 fully saturated rings. The average molecular weight is 143 g/mol. The Morgan fingerprint density at radius 2 is 2.20 bits per heavy atom. The highest BCUT2D eigenvalue weighted by atomic mass is 16.7. The maximum absolute atomic E-state index is 9.70. The van der Waals surface area contributed by atoms with Gasteiger partial charge in [-0.3, -0.25) is 0 Å². The molecule has 1 rings (SSSR count). The summed E-state index contributed by atoms with van der Waals surface area (Å²) >= 11 is 0. The number of aliphatic imine (C=N–C) groups is 1. The number of hydrogen-bond donors (Lipinski definition) is 0. The van der Waals surface area contributed by atoms with Gasteiger partial charge in [0, 0.05) is 0 Å². The predicted octanol–water partition coefficient (Wildman–Crippen LogP) is 0.0852. The highest BCUT2D eigenvalue weighted by Crippen LogP contribution is 2.17. The molecule has 0 saturated carbocycles. The van der Waals surface area contributed by atoms with Crippen molar-refractivity contribution in [3.63, 3.8) is 0 Å². The van der Waals surface area contributed by atoms with Gasteiger partial charge in [-0.2, -0.15) is 0 Å². The molecule has 0 aromatic heterocycles. The molecule has 4 heteroatoms. The van der Waals surface area contributed by atoms with Crippen LogP contribution in [0.25, 0.3) is 0 Å². The molecule has 1 heterocycles.